The number of aryl methyl sites for hydroxylation is 1. The highest BCUT2D eigenvalue weighted by Crippen LogP contribution is 2.49. The normalized spacial score (nSPS) is 11.2. The first kappa shape index (κ1) is 22.3. The summed E-state index contributed by atoms with van der Waals surface area (Å²) in [6, 6.07) is 36.5. The molecule has 0 unspecified atom stereocenters. The molecule has 0 saturated heterocycles. The maximum absolute atomic E-state index is 2.23. The third-order valence-corrected chi connectivity index (χ3v) is 6.34. The lowest BCUT2D eigenvalue weighted by atomic mass is 9.84. The Morgan fingerprint density at radius 2 is 1.13 bits per heavy atom. The number of aromatic nitrogens is 1. The molecule has 3 heteroatoms. The quantitative estimate of drug-likeness (QED) is 0.214. The molecule has 4 rings (SSSR count). The van der Waals surface area contributed by atoms with E-state index < -0.39 is 0 Å². The molecule has 4 aromatic rings. The van der Waals surface area contributed by atoms with Gasteiger partial charge in [-0.15, -0.1) is 11.8 Å². The van der Waals surface area contributed by atoms with E-state index in [0.717, 1.165) is 0 Å². The Morgan fingerprint density at radius 1 is 0.667 bits per heavy atom. The van der Waals surface area contributed by atoms with Crippen molar-refractivity contribution in [2.24, 2.45) is 7.05 Å². The highest BCUT2D eigenvalue weighted by atomic mass is 127. The summed E-state index contributed by atoms with van der Waals surface area (Å²) in [6.45, 7) is 0. The number of pyridine rings is 1. The second-order valence-corrected chi connectivity index (χ2v) is 8.12. The number of hydrogen-bond acceptors (Lipinski definition) is 1. The summed E-state index contributed by atoms with van der Waals surface area (Å²) in [5.74, 6) is 0. The van der Waals surface area contributed by atoms with Crippen molar-refractivity contribution in [3.63, 3.8) is 0 Å². The van der Waals surface area contributed by atoms with Gasteiger partial charge in [0.25, 0.3) is 0 Å². The van der Waals surface area contributed by atoms with Crippen LogP contribution >= 0.6 is 11.8 Å². The standard InChI is InChI=1S/C27H24NS.HI/c1-28-20-11-12-23(22-28)19-21-29-27(24-13-5-2-6-14-24,25-15-7-3-8-16-25)26-17-9-4-10-18-26;/h2-22H,1H3;1H/q+1;/p-1/b21-19-;. The maximum atomic E-state index is 2.23. The number of halogens is 1. The Bertz CT molecular complexity index is 983. The SMILES string of the molecule is C[n+]1cccc(/C=C\SC(c2ccccc2)(c2ccccc2)c2ccccc2)c1.[I-]. The van der Waals surface area contributed by atoms with E-state index >= 15 is 0 Å². The first-order valence-electron chi connectivity index (χ1n) is 9.75. The maximum Gasteiger partial charge on any atom is 0.175 e. The summed E-state index contributed by atoms with van der Waals surface area (Å²) < 4.78 is 1.75. The first-order valence-corrected chi connectivity index (χ1v) is 10.6. The van der Waals surface area contributed by atoms with Crippen molar-refractivity contribution in [3.8, 4) is 0 Å². The predicted octanol–water partition coefficient (Wildman–Crippen LogP) is 3.21. The van der Waals surface area contributed by atoms with Crippen molar-refractivity contribution < 1.29 is 28.5 Å². The van der Waals surface area contributed by atoms with Gasteiger partial charge in [-0.1, -0.05) is 91.0 Å². The zero-order chi connectivity index (χ0) is 19.9. The Labute approximate surface area is 200 Å². The molecule has 0 saturated carbocycles. The molecule has 30 heavy (non-hydrogen) atoms. The summed E-state index contributed by atoms with van der Waals surface area (Å²) in [7, 11) is 2.05. The predicted molar refractivity (Wildman–Crippen MR) is 123 cm³/mol. The van der Waals surface area contributed by atoms with Crippen molar-refractivity contribution in [2.75, 3.05) is 0 Å². The molecule has 0 amide bonds. The number of hydrogen-bond donors (Lipinski definition) is 0. The molecular formula is C27H24INS. The van der Waals surface area contributed by atoms with E-state index in [1.165, 1.54) is 22.3 Å². The minimum absolute atomic E-state index is 0. The average molecular weight is 521 g/mol. The molecule has 0 fully saturated rings. The van der Waals surface area contributed by atoms with E-state index in [2.05, 4.69) is 125 Å². The molecule has 150 valence electrons. The minimum atomic E-state index is -0.322. The number of rotatable bonds is 6. The summed E-state index contributed by atoms with van der Waals surface area (Å²) in [4.78, 5) is 0. The van der Waals surface area contributed by atoms with Gasteiger partial charge < -0.3 is 24.0 Å². The van der Waals surface area contributed by atoms with Crippen molar-refractivity contribution in [1.82, 2.24) is 0 Å². The van der Waals surface area contributed by atoms with Crippen molar-refractivity contribution in [1.29, 1.82) is 0 Å². The van der Waals surface area contributed by atoms with Gasteiger partial charge >= 0.3 is 0 Å². The molecule has 0 atom stereocenters. The number of benzene rings is 3. The van der Waals surface area contributed by atoms with Crippen LogP contribution in [0.4, 0.5) is 0 Å². The average Bonchev–Trinajstić information content (AvgIpc) is 2.79. The van der Waals surface area contributed by atoms with Gasteiger partial charge in [0, 0.05) is 11.6 Å². The van der Waals surface area contributed by atoms with Crippen molar-refractivity contribution in [2.45, 2.75) is 4.75 Å². The lowest BCUT2D eigenvalue weighted by Gasteiger charge is -2.34. The van der Waals surface area contributed by atoms with Gasteiger partial charge in [0.15, 0.2) is 12.4 Å². The molecule has 1 heterocycles. The Kier molecular flexibility index (Phi) is 7.88. The first-order chi connectivity index (χ1) is 14.3. The largest absolute Gasteiger partial charge is 1.00 e. The van der Waals surface area contributed by atoms with E-state index in [4.69, 9.17) is 0 Å². The Balaban J connectivity index is 0.00000256. The smallest absolute Gasteiger partial charge is 0.175 e. The molecule has 0 aliphatic carbocycles. The molecule has 0 radical (unpaired) electrons. The highest BCUT2D eigenvalue weighted by molar-refractivity contribution is 8.03. The van der Waals surface area contributed by atoms with E-state index in [-0.39, 0.29) is 28.7 Å². The van der Waals surface area contributed by atoms with E-state index in [1.807, 2.05) is 25.0 Å². The van der Waals surface area contributed by atoms with Crippen LogP contribution in [-0.2, 0) is 11.8 Å². The third-order valence-electron chi connectivity index (χ3n) is 5.01. The number of nitrogens with zero attached hydrogens (tertiary/aromatic N) is 1. The van der Waals surface area contributed by atoms with Gasteiger partial charge in [-0.05, 0) is 34.2 Å². The second-order valence-electron chi connectivity index (χ2n) is 7.00. The molecule has 0 spiro atoms. The second kappa shape index (κ2) is 10.6. The lowest BCUT2D eigenvalue weighted by Crippen LogP contribution is -3.00. The van der Waals surface area contributed by atoms with Crippen LogP contribution in [-0.4, -0.2) is 0 Å². The van der Waals surface area contributed by atoms with Crippen LogP contribution in [0, 0.1) is 0 Å². The highest BCUT2D eigenvalue weighted by Gasteiger charge is 2.36. The van der Waals surface area contributed by atoms with Crippen LogP contribution in [0.3, 0.4) is 0 Å². The minimum Gasteiger partial charge on any atom is -1.00 e. The van der Waals surface area contributed by atoms with Gasteiger partial charge in [-0.3, -0.25) is 0 Å². The molecule has 1 nitrogen and oxygen atoms in total. The van der Waals surface area contributed by atoms with Gasteiger partial charge in [0.1, 0.15) is 7.05 Å². The Morgan fingerprint density at radius 3 is 1.57 bits per heavy atom. The summed E-state index contributed by atoms with van der Waals surface area (Å²) in [5, 5.41) is 2.22. The third kappa shape index (κ3) is 4.85. The molecular weight excluding hydrogens is 497 g/mol. The zero-order valence-electron chi connectivity index (χ0n) is 16.9. The van der Waals surface area contributed by atoms with E-state index in [1.54, 1.807) is 0 Å². The van der Waals surface area contributed by atoms with Crippen LogP contribution in [0.2, 0.25) is 0 Å². The monoisotopic (exact) mass is 521 g/mol. The van der Waals surface area contributed by atoms with Crippen LogP contribution in [0.25, 0.3) is 6.08 Å². The molecule has 0 bridgehead atoms. The summed E-state index contributed by atoms with van der Waals surface area (Å²) >= 11 is 1.84. The van der Waals surface area contributed by atoms with Crippen LogP contribution < -0.4 is 28.5 Å². The topological polar surface area (TPSA) is 3.88 Å². The van der Waals surface area contributed by atoms with E-state index in [9.17, 15) is 0 Å². The number of thioether (sulfide) groups is 1. The fourth-order valence-electron chi connectivity index (χ4n) is 3.65. The summed E-state index contributed by atoms with van der Waals surface area (Å²) in [6.07, 6.45) is 6.37. The molecule has 0 N–H and O–H groups in total. The van der Waals surface area contributed by atoms with Gasteiger partial charge in [0.05, 0.1) is 4.75 Å². The molecule has 1 aromatic heterocycles. The van der Waals surface area contributed by atoms with Gasteiger partial charge in [-0.25, -0.2) is 4.57 Å². The van der Waals surface area contributed by atoms with Crippen LogP contribution in [0.5, 0.6) is 0 Å². The lowest BCUT2D eigenvalue weighted by molar-refractivity contribution is -0.671. The molecule has 0 aliphatic rings. The molecule has 3 aromatic carbocycles. The van der Waals surface area contributed by atoms with Gasteiger partial charge in [-0.2, -0.15) is 0 Å². The van der Waals surface area contributed by atoms with Crippen LogP contribution in [0.1, 0.15) is 22.3 Å². The van der Waals surface area contributed by atoms with Crippen molar-refractivity contribution in [3.05, 3.63) is 143 Å². The summed E-state index contributed by atoms with van der Waals surface area (Å²) in [5.41, 5.74) is 4.99. The Hall–Kier alpha value is -2.37. The fourth-order valence-corrected chi connectivity index (χ4v) is 4.89. The molecule has 0 aliphatic heterocycles. The van der Waals surface area contributed by atoms with Gasteiger partial charge in [0.2, 0.25) is 0 Å². The van der Waals surface area contributed by atoms with Crippen molar-refractivity contribution >= 4 is 17.8 Å². The fraction of sp³-hybridized carbons (Fsp3) is 0.0741. The van der Waals surface area contributed by atoms with E-state index in [0.29, 0.717) is 0 Å². The van der Waals surface area contributed by atoms with Crippen LogP contribution in [0.15, 0.2) is 121 Å². The zero-order valence-corrected chi connectivity index (χ0v) is 19.8.